The number of aromatic amines is 2. The Morgan fingerprint density at radius 3 is 1.38 bits per heavy atom. The van der Waals surface area contributed by atoms with Crippen molar-refractivity contribution in [2.24, 2.45) is 0 Å². The maximum absolute atomic E-state index is 4.96. The third-order valence-corrected chi connectivity index (χ3v) is 6.59. The van der Waals surface area contributed by atoms with Gasteiger partial charge in [0.1, 0.15) is 34.2 Å². The predicted molar refractivity (Wildman–Crippen MR) is 152 cm³/mol. The van der Waals surface area contributed by atoms with Crippen LogP contribution in [0.5, 0.6) is 0 Å². The summed E-state index contributed by atoms with van der Waals surface area (Å²) in [6.07, 6.45) is 3.51. The van der Waals surface area contributed by atoms with Crippen molar-refractivity contribution in [3.8, 4) is 67.8 Å². The molecule has 7 aromatic rings. The van der Waals surface area contributed by atoms with Crippen LogP contribution in [-0.2, 0) is 0 Å². The van der Waals surface area contributed by atoms with Gasteiger partial charge in [0.05, 0.1) is 11.4 Å². The van der Waals surface area contributed by atoms with Gasteiger partial charge in [0, 0.05) is 23.5 Å². The zero-order chi connectivity index (χ0) is 26.7. The Bertz CT molecular complexity index is 1770. The van der Waals surface area contributed by atoms with E-state index in [-0.39, 0.29) is 0 Å². The van der Waals surface area contributed by atoms with Crippen LogP contribution in [0, 0.1) is 0 Å². The molecule has 5 aromatic heterocycles. The molecule has 0 unspecified atom stereocenters. The summed E-state index contributed by atoms with van der Waals surface area (Å²) in [5.41, 5.74) is 9.30. The van der Waals surface area contributed by atoms with E-state index in [1.165, 1.54) is 0 Å². The molecule has 0 spiro atoms. The summed E-state index contributed by atoms with van der Waals surface area (Å²) in [6.45, 7) is 0. The fourth-order valence-corrected chi connectivity index (χ4v) is 4.75. The third kappa shape index (κ3) is 4.21. The average Bonchev–Trinajstić information content (AvgIpc) is 3.73. The summed E-state index contributed by atoms with van der Waals surface area (Å²) in [4.78, 5) is 14.3. The van der Waals surface area contributed by atoms with Crippen molar-refractivity contribution in [1.29, 1.82) is 0 Å². The minimum absolute atomic E-state index is 0.614. The highest BCUT2D eigenvalue weighted by Gasteiger charge is 2.21. The Hall–Kier alpha value is -5.83. The quantitative estimate of drug-likeness (QED) is 0.272. The van der Waals surface area contributed by atoms with Gasteiger partial charge in [0.25, 0.3) is 0 Å². The topological polar surface area (TPSA) is 122 Å². The number of nitrogens with zero attached hydrogens (tertiary/aromatic N) is 7. The van der Waals surface area contributed by atoms with Crippen molar-refractivity contribution in [3.05, 3.63) is 116 Å². The van der Waals surface area contributed by atoms with Crippen LogP contribution in [0.4, 0.5) is 0 Å². The van der Waals surface area contributed by atoms with Gasteiger partial charge in [0.2, 0.25) is 0 Å². The van der Waals surface area contributed by atoms with E-state index in [0.29, 0.717) is 34.2 Å². The summed E-state index contributed by atoms with van der Waals surface area (Å²) < 4.78 is 0. The van der Waals surface area contributed by atoms with Gasteiger partial charge in [-0.1, -0.05) is 89.3 Å². The summed E-state index contributed by atoms with van der Waals surface area (Å²) in [7, 11) is 0. The number of nitrogens with one attached hydrogen (secondary N) is 2. The Balaban J connectivity index is 1.31. The van der Waals surface area contributed by atoms with Gasteiger partial charge in [-0.2, -0.15) is 0 Å². The molecule has 40 heavy (non-hydrogen) atoms. The minimum atomic E-state index is 0.614. The van der Waals surface area contributed by atoms with E-state index in [1.54, 1.807) is 12.4 Å². The van der Waals surface area contributed by atoms with Crippen molar-refractivity contribution < 1.29 is 0 Å². The molecule has 0 bridgehead atoms. The van der Waals surface area contributed by atoms with Crippen LogP contribution >= 0.6 is 0 Å². The first-order valence-electron chi connectivity index (χ1n) is 12.7. The average molecular weight is 520 g/mol. The fourth-order valence-electron chi connectivity index (χ4n) is 4.75. The number of pyridine rings is 3. The molecule has 5 heterocycles. The Kier molecular flexibility index (Phi) is 5.91. The van der Waals surface area contributed by atoms with Gasteiger partial charge >= 0.3 is 0 Å². The van der Waals surface area contributed by atoms with E-state index in [9.17, 15) is 0 Å². The van der Waals surface area contributed by atoms with Crippen molar-refractivity contribution in [2.75, 3.05) is 0 Å². The van der Waals surface area contributed by atoms with Gasteiger partial charge in [-0.15, -0.1) is 10.2 Å². The number of hydrogen-bond donors (Lipinski definition) is 2. The highest BCUT2D eigenvalue weighted by Crippen LogP contribution is 2.36. The maximum atomic E-state index is 4.96. The molecule has 9 heteroatoms. The van der Waals surface area contributed by atoms with Gasteiger partial charge in [-0.3, -0.25) is 20.2 Å². The van der Waals surface area contributed by atoms with Crippen molar-refractivity contribution in [3.63, 3.8) is 0 Å². The van der Waals surface area contributed by atoms with Crippen LogP contribution in [-0.4, -0.2) is 45.8 Å². The number of benzene rings is 2. The second kappa shape index (κ2) is 10.1. The van der Waals surface area contributed by atoms with E-state index in [2.05, 4.69) is 40.8 Å². The van der Waals surface area contributed by atoms with Crippen LogP contribution < -0.4 is 0 Å². The van der Waals surface area contributed by atoms with E-state index >= 15 is 0 Å². The van der Waals surface area contributed by atoms with E-state index < -0.39 is 0 Å². The number of hydrogen-bond acceptors (Lipinski definition) is 7. The molecule has 0 atom stereocenters. The first-order valence-corrected chi connectivity index (χ1v) is 12.7. The van der Waals surface area contributed by atoms with Gasteiger partial charge in [-0.05, 0) is 35.4 Å². The van der Waals surface area contributed by atoms with Crippen LogP contribution in [0.1, 0.15) is 0 Å². The molecule has 7 rings (SSSR count). The minimum Gasteiger partial charge on any atom is -0.255 e. The monoisotopic (exact) mass is 519 g/mol. The Morgan fingerprint density at radius 2 is 0.900 bits per heavy atom. The molecule has 0 fully saturated rings. The molecule has 0 saturated heterocycles. The smallest absolute Gasteiger partial charge is 0.141 e. The SMILES string of the molecule is c1ccc(-c2cccnc2-c2nn[nH]c2-c2cccc(-c3[nH]nnc3-c3ncccc3-c3ccccc3)n2)cc1. The largest absolute Gasteiger partial charge is 0.255 e. The molecule has 0 aliphatic rings. The lowest BCUT2D eigenvalue weighted by Gasteiger charge is -2.09. The van der Waals surface area contributed by atoms with Crippen LogP contribution in [0.15, 0.2) is 116 Å². The molecule has 190 valence electrons. The van der Waals surface area contributed by atoms with E-state index in [0.717, 1.165) is 33.6 Å². The lowest BCUT2D eigenvalue weighted by atomic mass is 10.0. The van der Waals surface area contributed by atoms with Crippen molar-refractivity contribution in [1.82, 2.24) is 45.8 Å². The number of rotatable bonds is 6. The molecule has 0 aliphatic heterocycles. The van der Waals surface area contributed by atoms with E-state index in [1.807, 2.05) is 103 Å². The summed E-state index contributed by atoms with van der Waals surface area (Å²) in [5, 5.41) is 23.1. The summed E-state index contributed by atoms with van der Waals surface area (Å²) in [6, 6.07) is 33.8. The van der Waals surface area contributed by atoms with Crippen LogP contribution in [0.3, 0.4) is 0 Å². The number of H-pyrrole nitrogens is 2. The lowest BCUT2D eigenvalue weighted by Crippen LogP contribution is -1.95. The molecule has 9 nitrogen and oxygen atoms in total. The maximum Gasteiger partial charge on any atom is 0.141 e. The molecule has 0 aliphatic carbocycles. The summed E-state index contributed by atoms with van der Waals surface area (Å²) in [5.74, 6) is 0. The van der Waals surface area contributed by atoms with Crippen LogP contribution in [0.25, 0.3) is 67.8 Å². The standard InChI is InChI=1S/C31H21N9/c1-3-10-20(11-4-1)22-14-8-18-32-26(22)30-28(35-39-37-30)24-16-7-17-25(34-24)29-31(38-40-36-29)27-23(15-9-19-33-27)21-12-5-2-6-13-21/h1-19H,(H,35,37,39)(H,36,38,40). The van der Waals surface area contributed by atoms with Crippen molar-refractivity contribution in [2.45, 2.75) is 0 Å². The third-order valence-electron chi connectivity index (χ3n) is 6.59. The molecule has 0 radical (unpaired) electrons. The highest BCUT2D eigenvalue weighted by atomic mass is 15.3. The molecular weight excluding hydrogens is 498 g/mol. The van der Waals surface area contributed by atoms with E-state index in [4.69, 9.17) is 4.98 Å². The molecule has 2 N–H and O–H groups in total. The fraction of sp³-hybridized carbons (Fsp3) is 0. The zero-order valence-corrected chi connectivity index (χ0v) is 21.1. The first-order chi connectivity index (χ1) is 19.9. The Morgan fingerprint density at radius 1 is 0.425 bits per heavy atom. The van der Waals surface area contributed by atoms with Gasteiger partial charge in [-0.25, -0.2) is 4.98 Å². The summed E-state index contributed by atoms with van der Waals surface area (Å²) >= 11 is 0. The number of aromatic nitrogens is 9. The Labute approximate surface area is 229 Å². The highest BCUT2D eigenvalue weighted by molar-refractivity contribution is 5.87. The normalized spacial score (nSPS) is 11.0. The second-order valence-electron chi connectivity index (χ2n) is 9.01. The molecule has 0 saturated carbocycles. The lowest BCUT2D eigenvalue weighted by molar-refractivity contribution is 0.939. The van der Waals surface area contributed by atoms with Gasteiger partial charge < -0.3 is 0 Å². The predicted octanol–water partition coefficient (Wildman–Crippen LogP) is 6.11. The molecular formula is C31H21N9. The second-order valence-corrected chi connectivity index (χ2v) is 9.01. The molecule has 0 amide bonds. The molecule has 2 aromatic carbocycles. The first kappa shape index (κ1) is 23.3. The van der Waals surface area contributed by atoms with Gasteiger partial charge in [0.15, 0.2) is 0 Å². The van der Waals surface area contributed by atoms with Crippen molar-refractivity contribution >= 4 is 0 Å². The zero-order valence-electron chi connectivity index (χ0n) is 21.1. The van der Waals surface area contributed by atoms with Crippen LogP contribution in [0.2, 0.25) is 0 Å².